The van der Waals surface area contributed by atoms with E-state index in [-0.39, 0.29) is 5.41 Å². The second kappa shape index (κ2) is 7.68. The molecule has 0 radical (unpaired) electrons. The van der Waals surface area contributed by atoms with E-state index in [1.54, 1.807) is 6.07 Å². The Morgan fingerprint density at radius 3 is 2.13 bits per heavy atom. The van der Waals surface area contributed by atoms with Crippen LogP contribution < -0.4 is 0 Å². The van der Waals surface area contributed by atoms with Crippen LogP contribution in [0.1, 0.15) is 76.0 Å². The van der Waals surface area contributed by atoms with Gasteiger partial charge in [0, 0.05) is 11.0 Å². The lowest BCUT2D eigenvalue weighted by molar-refractivity contribution is 0.451. The van der Waals surface area contributed by atoms with E-state index in [1.807, 2.05) is 18.2 Å². The van der Waals surface area contributed by atoms with E-state index in [0.717, 1.165) is 12.0 Å². The van der Waals surface area contributed by atoms with Crippen LogP contribution in [0.15, 0.2) is 48.5 Å². The lowest BCUT2D eigenvalue weighted by Gasteiger charge is -2.31. The van der Waals surface area contributed by atoms with Crippen molar-refractivity contribution >= 4 is 0 Å². The van der Waals surface area contributed by atoms with E-state index < -0.39 is 0 Å². The highest BCUT2D eigenvalue weighted by molar-refractivity contribution is 5.48. The van der Waals surface area contributed by atoms with Gasteiger partial charge in [0.15, 0.2) is 0 Å². The molecule has 0 amide bonds. The Morgan fingerprint density at radius 2 is 1.52 bits per heavy atom. The molecule has 0 aliphatic heterocycles. The highest BCUT2D eigenvalue weighted by Gasteiger charge is 2.29. The van der Waals surface area contributed by atoms with Crippen LogP contribution in [0, 0.1) is 0 Å². The average molecular weight is 310 g/mol. The monoisotopic (exact) mass is 310 g/mol. The molecule has 0 aliphatic carbocycles. The molecule has 0 saturated heterocycles. The van der Waals surface area contributed by atoms with Crippen LogP contribution >= 0.6 is 0 Å². The number of aromatic hydroxyl groups is 1. The van der Waals surface area contributed by atoms with Gasteiger partial charge in [0.1, 0.15) is 5.75 Å². The molecule has 1 atom stereocenters. The van der Waals surface area contributed by atoms with Crippen molar-refractivity contribution < 1.29 is 5.11 Å². The second-order valence-corrected chi connectivity index (χ2v) is 6.98. The van der Waals surface area contributed by atoms with Crippen LogP contribution in [0.25, 0.3) is 0 Å². The van der Waals surface area contributed by atoms with Gasteiger partial charge in [-0.3, -0.25) is 0 Å². The topological polar surface area (TPSA) is 20.2 Å². The molecular weight excluding hydrogens is 280 g/mol. The molecule has 0 aliphatic rings. The molecular formula is C22H30O. The Labute approximate surface area is 141 Å². The van der Waals surface area contributed by atoms with Crippen LogP contribution in [0.4, 0.5) is 0 Å². The molecule has 0 heterocycles. The Hall–Kier alpha value is -1.76. The van der Waals surface area contributed by atoms with Crippen LogP contribution in [0.2, 0.25) is 0 Å². The van der Waals surface area contributed by atoms with E-state index in [4.69, 9.17) is 0 Å². The maximum atomic E-state index is 10.3. The van der Waals surface area contributed by atoms with E-state index in [9.17, 15) is 5.11 Å². The molecule has 1 N–H and O–H groups in total. The summed E-state index contributed by atoms with van der Waals surface area (Å²) in [5.41, 5.74) is 3.57. The molecule has 0 bridgehead atoms. The third-order valence-corrected chi connectivity index (χ3v) is 5.05. The van der Waals surface area contributed by atoms with Crippen molar-refractivity contribution in [3.63, 3.8) is 0 Å². The third kappa shape index (κ3) is 3.77. The summed E-state index contributed by atoms with van der Waals surface area (Å²) in [5.74, 6) is 0.977. The van der Waals surface area contributed by atoms with Crippen molar-refractivity contribution in [1.29, 1.82) is 0 Å². The number of benzene rings is 2. The first-order valence-corrected chi connectivity index (χ1v) is 8.90. The van der Waals surface area contributed by atoms with Crippen molar-refractivity contribution in [2.45, 2.75) is 64.7 Å². The number of rotatable bonds is 7. The van der Waals surface area contributed by atoms with Gasteiger partial charge in [-0.25, -0.2) is 0 Å². The number of hydrogen-bond acceptors (Lipinski definition) is 1. The molecule has 0 aromatic heterocycles. The zero-order chi connectivity index (χ0) is 16.9. The Balaban J connectivity index is 2.49. The summed E-state index contributed by atoms with van der Waals surface area (Å²) in [6.45, 7) is 8.97. The minimum atomic E-state index is -0.207. The molecule has 2 aromatic carbocycles. The smallest absolute Gasteiger partial charge is 0.119 e. The fourth-order valence-corrected chi connectivity index (χ4v) is 3.60. The van der Waals surface area contributed by atoms with Gasteiger partial charge in [-0.1, -0.05) is 83.0 Å². The summed E-state index contributed by atoms with van der Waals surface area (Å²) < 4.78 is 0. The minimum Gasteiger partial charge on any atom is -0.508 e. The summed E-state index contributed by atoms with van der Waals surface area (Å²) >= 11 is 0. The first-order valence-electron chi connectivity index (χ1n) is 8.90. The van der Waals surface area contributed by atoms with E-state index in [2.05, 4.69) is 52.0 Å². The van der Waals surface area contributed by atoms with Crippen LogP contribution in [-0.2, 0) is 5.41 Å². The quantitative estimate of drug-likeness (QED) is 0.627. The maximum absolute atomic E-state index is 10.3. The number of phenols is 1. The standard InChI is InChI=1S/C22H30O/c1-5-7-12-17(6-2)18-13-8-9-14-19(18)22(3,4)20-15-10-11-16-21(20)23/h8-11,13-17,23H,5-7,12H2,1-4H3. The molecule has 0 spiro atoms. The third-order valence-electron chi connectivity index (χ3n) is 5.05. The first-order chi connectivity index (χ1) is 11.0. The van der Waals surface area contributed by atoms with E-state index >= 15 is 0 Å². The fourth-order valence-electron chi connectivity index (χ4n) is 3.60. The maximum Gasteiger partial charge on any atom is 0.119 e. The molecule has 124 valence electrons. The highest BCUT2D eigenvalue weighted by Crippen LogP contribution is 2.41. The van der Waals surface area contributed by atoms with Crippen molar-refractivity contribution in [3.05, 3.63) is 65.2 Å². The van der Waals surface area contributed by atoms with Crippen molar-refractivity contribution in [1.82, 2.24) is 0 Å². The Morgan fingerprint density at radius 1 is 0.913 bits per heavy atom. The summed E-state index contributed by atoms with van der Waals surface area (Å²) in [7, 11) is 0. The van der Waals surface area contributed by atoms with Gasteiger partial charge in [-0.15, -0.1) is 0 Å². The zero-order valence-electron chi connectivity index (χ0n) is 15.0. The van der Waals surface area contributed by atoms with Gasteiger partial charge in [0.25, 0.3) is 0 Å². The zero-order valence-corrected chi connectivity index (χ0v) is 15.0. The molecule has 0 fully saturated rings. The summed E-state index contributed by atoms with van der Waals surface area (Å²) in [6.07, 6.45) is 4.90. The average Bonchev–Trinajstić information content (AvgIpc) is 2.56. The Kier molecular flexibility index (Phi) is 5.87. The van der Waals surface area contributed by atoms with Crippen molar-refractivity contribution in [3.8, 4) is 5.75 Å². The van der Waals surface area contributed by atoms with Gasteiger partial charge >= 0.3 is 0 Å². The summed E-state index contributed by atoms with van der Waals surface area (Å²) in [5, 5.41) is 10.3. The molecule has 0 saturated carbocycles. The molecule has 1 unspecified atom stereocenters. The number of unbranched alkanes of at least 4 members (excludes halogenated alkanes) is 1. The van der Waals surface area contributed by atoms with Gasteiger partial charge in [0.2, 0.25) is 0 Å². The lowest BCUT2D eigenvalue weighted by atomic mass is 9.72. The number of para-hydroxylation sites is 1. The molecule has 1 nitrogen and oxygen atoms in total. The van der Waals surface area contributed by atoms with Gasteiger partial charge in [-0.05, 0) is 36.0 Å². The van der Waals surface area contributed by atoms with Crippen molar-refractivity contribution in [2.24, 2.45) is 0 Å². The predicted octanol–water partition coefficient (Wildman–Crippen LogP) is 6.40. The van der Waals surface area contributed by atoms with E-state index in [0.29, 0.717) is 11.7 Å². The largest absolute Gasteiger partial charge is 0.508 e. The van der Waals surface area contributed by atoms with Crippen LogP contribution in [-0.4, -0.2) is 5.11 Å². The second-order valence-electron chi connectivity index (χ2n) is 6.98. The molecule has 2 aromatic rings. The molecule has 1 heteroatoms. The van der Waals surface area contributed by atoms with Crippen molar-refractivity contribution in [2.75, 3.05) is 0 Å². The lowest BCUT2D eigenvalue weighted by Crippen LogP contribution is -2.22. The number of hydrogen-bond donors (Lipinski definition) is 1. The summed E-state index contributed by atoms with van der Waals surface area (Å²) in [6, 6.07) is 16.5. The normalized spacial score (nSPS) is 13.0. The first kappa shape index (κ1) is 17.6. The molecule has 23 heavy (non-hydrogen) atoms. The van der Waals surface area contributed by atoms with Crippen LogP contribution in [0.3, 0.4) is 0 Å². The summed E-state index contributed by atoms with van der Waals surface area (Å²) in [4.78, 5) is 0. The van der Waals surface area contributed by atoms with E-state index in [1.165, 1.54) is 30.4 Å². The van der Waals surface area contributed by atoms with Gasteiger partial charge in [0.05, 0.1) is 0 Å². The van der Waals surface area contributed by atoms with Gasteiger partial charge < -0.3 is 5.11 Å². The predicted molar refractivity (Wildman–Crippen MR) is 99.2 cm³/mol. The molecule has 2 rings (SSSR count). The van der Waals surface area contributed by atoms with Gasteiger partial charge in [-0.2, -0.15) is 0 Å². The minimum absolute atomic E-state index is 0.207. The number of phenolic OH excluding ortho intramolecular Hbond substituents is 1. The fraction of sp³-hybridized carbons (Fsp3) is 0.455. The van der Waals surface area contributed by atoms with Crippen LogP contribution in [0.5, 0.6) is 5.75 Å². The SMILES string of the molecule is CCCCC(CC)c1ccccc1C(C)(C)c1ccccc1O. The highest BCUT2D eigenvalue weighted by atomic mass is 16.3. The Bertz CT molecular complexity index is 627.